The Hall–Kier alpha value is -0.0800. The fourth-order valence-electron chi connectivity index (χ4n) is 2.21. The van der Waals surface area contributed by atoms with E-state index < -0.39 is 0 Å². The number of nitrogens with zero attached hydrogens (tertiary/aromatic N) is 1. The molecule has 0 rings (SSSR count). The van der Waals surface area contributed by atoms with Gasteiger partial charge in [0.2, 0.25) is 0 Å². The Morgan fingerprint density at radius 1 is 1.12 bits per heavy atom. The summed E-state index contributed by atoms with van der Waals surface area (Å²) >= 11 is 0. The molecule has 1 atom stereocenters. The summed E-state index contributed by atoms with van der Waals surface area (Å²) in [6, 6.07) is 0.664. The van der Waals surface area contributed by atoms with E-state index in [0.717, 1.165) is 6.54 Å². The molecule has 0 amide bonds. The van der Waals surface area contributed by atoms with Crippen LogP contribution in [0.2, 0.25) is 0 Å². The molecule has 2 heteroatoms. The summed E-state index contributed by atoms with van der Waals surface area (Å²) < 4.78 is 0. The third-order valence-electron chi connectivity index (χ3n) is 2.60. The van der Waals surface area contributed by atoms with Gasteiger partial charge in [0.1, 0.15) is 0 Å². The molecule has 0 aromatic rings. The van der Waals surface area contributed by atoms with Crippen LogP contribution in [0.25, 0.3) is 0 Å². The first kappa shape index (κ1) is 15.9. The summed E-state index contributed by atoms with van der Waals surface area (Å²) in [6.07, 6.45) is 3.78. The smallest absolute Gasteiger partial charge is 0.0194 e. The molecule has 1 N–H and O–H groups in total. The normalized spacial score (nSPS) is 14.4. The van der Waals surface area contributed by atoms with Crippen LogP contribution in [0, 0.1) is 5.41 Å². The highest BCUT2D eigenvalue weighted by molar-refractivity contribution is 4.73. The van der Waals surface area contributed by atoms with Gasteiger partial charge in [0.15, 0.2) is 0 Å². The summed E-state index contributed by atoms with van der Waals surface area (Å²) in [7, 11) is 2.24. The maximum Gasteiger partial charge on any atom is 0.0194 e. The molecule has 0 spiro atoms. The number of rotatable bonds is 8. The van der Waals surface area contributed by atoms with Crippen LogP contribution in [-0.4, -0.2) is 37.6 Å². The Morgan fingerprint density at radius 3 is 2.19 bits per heavy atom. The van der Waals surface area contributed by atoms with Crippen molar-refractivity contribution < 1.29 is 0 Å². The minimum absolute atomic E-state index is 0.399. The third-order valence-corrected chi connectivity index (χ3v) is 2.60. The summed E-state index contributed by atoms with van der Waals surface area (Å²) in [6.45, 7) is 14.9. The topological polar surface area (TPSA) is 15.3 Å². The second kappa shape index (κ2) is 8.08. The average Bonchev–Trinajstić information content (AvgIpc) is 2.11. The molecule has 0 saturated carbocycles. The fraction of sp³-hybridized carbons (Fsp3) is 1.00. The highest BCUT2D eigenvalue weighted by Crippen LogP contribution is 2.14. The zero-order valence-electron chi connectivity index (χ0n) is 12.3. The maximum absolute atomic E-state index is 3.65. The molecule has 0 aromatic carbocycles. The SMILES string of the molecule is CCCNC(CCC)CN(C)CC(C)(C)C. The van der Waals surface area contributed by atoms with Crippen LogP contribution in [0.3, 0.4) is 0 Å². The van der Waals surface area contributed by atoms with Crippen molar-refractivity contribution >= 4 is 0 Å². The van der Waals surface area contributed by atoms with Gasteiger partial charge in [-0.25, -0.2) is 0 Å². The number of hydrogen-bond donors (Lipinski definition) is 1. The molecule has 0 aliphatic carbocycles. The van der Waals surface area contributed by atoms with Gasteiger partial charge < -0.3 is 10.2 Å². The Morgan fingerprint density at radius 2 is 1.75 bits per heavy atom. The van der Waals surface area contributed by atoms with E-state index in [1.165, 1.54) is 32.4 Å². The molecule has 0 heterocycles. The Bertz CT molecular complexity index is 161. The maximum atomic E-state index is 3.65. The van der Waals surface area contributed by atoms with E-state index in [4.69, 9.17) is 0 Å². The number of nitrogens with one attached hydrogen (secondary N) is 1. The molecule has 16 heavy (non-hydrogen) atoms. The van der Waals surface area contributed by atoms with Gasteiger partial charge in [-0.15, -0.1) is 0 Å². The van der Waals surface area contributed by atoms with Gasteiger partial charge in [0, 0.05) is 19.1 Å². The van der Waals surface area contributed by atoms with Crippen LogP contribution < -0.4 is 5.32 Å². The van der Waals surface area contributed by atoms with Gasteiger partial charge in [-0.3, -0.25) is 0 Å². The molecular weight excluding hydrogens is 196 g/mol. The summed E-state index contributed by atoms with van der Waals surface area (Å²) in [5.74, 6) is 0. The van der Waals surface area contributed by atoms with Crippen molar-refractivity contribution in [1.82, 2.24) is 10.2 Å². The van der Waals surface area contributed by atoms with Crippen molar-refractivity contribution in [3.8, 4) is 0 Å². The Labute approximate surface area is 103 Å². The Balaban J connectivity index is 3.96. The lowest BCUT2D eigenvalue weighted by molar-refractivity contribution is 0.204. The highest BCUT2D eigenvalue weighted by Gasteiger charge is 2.16. The van der Waals surface area contributed by atoms with Crippen molar-refractivity contribution in [2.75, 3.05) is 26.7 Å². The average molecular weight is 228 g/mol. The van der Waals surface area contributed by atoms with E-state index in [0.29, 0.717) is 11.5 Å². The lowest BCUT2D eigenvalue weighted by Crippen LogP contribution is -2.42. The van der Waals surface area contributed by atoms with Crippen molar-refractivity contribution in [2.45, 2.75) is 59.9 Å². The molecule has 2 nitrogen and oxygen atoms in total. The van der Waals surface area contributed by atoms with Crippen LogP contribution in [0.5, 0.6) is 0 Å². The standard InChI is InChI=1S/C14H32N2/c1-7-9-13(15-10-8-2)11-16(6)12-14(3,4)5/h13,15H,7-12H2,1-6H3. The van der Waals surface area contributed by atoms with Gasteiger partial charge in [-0.2, -0.15) is 0 Å². The summed E-state index contributed by atoms with van der Waals surface area (Å²) in [5.41, 5.74) is 0.399. The summed E-state index contributed by atoms with van der Waals surface area (Å²) in [4.78, 5) is 2.46. The van der Waals surface area contributed by atoms with Crippen molar-refractivity contribution in [3.63, 3.8) is 0 Å². The molecule has 0 bridgehead atoms. The van der Waals surface area contributed by atoms with Gasteiger partial charge in [-0.1, -0.05) is 41.0 Å². The lowest BCUT2D eigenvalue weighted by atomic mass is 9.96. The molecule has 0 radical (unpaired) electrons. The number of likely N-dealkylation sites (N-methyl/N-ethyl adjacent to an activating group) is 1. The predicted octanol–water partition coefficient (Wildman–Crippen LogP) is 3.13. The molecule has 1 unspecified atom stereocenters. The molecule has 0 fully saturated rings. The molecule has 98 valence electrons. The summed E-state index contributed by atoms with van der Waals surface area (Å²) in [5, 5.41) is 3.65. The first-order valence-corrected chi connectivity index (χ1v) is 6.81. The van der Waals surface area contributed by atoms with E-state index >= 15 is 0 Å². The number of hydrogen-bond acceptors (Lipinski definition) is 2. The third kappa shape index (κ3) is 9.17. The minimum atomic E-state index is 0.399. The molecule has 0 aliphatic heterocycles. The largest absolute Gasteiger partial charge is 0.313 e. The van der Waals surface area contributed by atoms with Gasteiger partial charge in [0.05, 0.1) is 0 Å². The predicted molar refractivity (Wildman–Crippen MR) is 73.9 cm³/mol. The van der Waals surface area contributed by atoms with E-state index in [1.54, 1.807) is 0 Å². The second-order valence-corrected chi connectivity index (χ2v) is 6.20. The van der Waals surface area contributed by atoms with Crippen molar-refractivity contribution in [1.29, 1.82) is 0 Å². The Kier molecular flexibility index (Phi) is 8.04. The molecule has 0 aromatic heterocycles. The van der Waals surface area contributed by atoms with E-state index in [1.807, 2.05) is 0 Å². The van der Waals surface area contributed by atoms with Crippen LogP contribution in [0.15, 0.2) is 0 Å². The van der Waals surface area contributed by atoms with E-state index in [2.05, 4.69) is 51.9 Å². The van der Waals surface area contributed by atoms with Crippen LogP contribution in [-0.2, 0) is 0 Å². The van der Waals surface area contributed by atoms with Gasteiger partial charge >= 0.3 is 0 Å². The molecule has 0 aliphatic rings. The monoisotopic (exact) mass is 228 g/mol. The van der Waals surface area contributed by atoms with E-state index in [9.17, 15) is 0 Å². The van der Waals surface area contributed by atoms with Gasteiger partial charge in [0.25, 0.3) is 0 Å². The molecule has 0 saturated heterocycles. The zero-order valence-corrected chi connectivity index (χ0v) is 12.3. The highest BCUT2D eigenvalue weighted by atomic mass is 15.1. The minimum Gasteiger partial charge on any atom is -0.313 e. The van der Waals surface area contributed by atoms with Gasteiger partial charge in [-0.05, 0) is 31.8 Å². The van der Waals surface area contributed by atoms with Crippen LogP contribution >= 0.6 is 0 Å². The zero-order chi connectivity index (χ0) is 12.6. The first-order chi connectivity index (χ1) is 7.39. The van der Waals surface area contributed by atoms with Crippen LogP contribution in [0.4, 0.5) is 0 Å². The fourth-order valence-corrected chi connectivity index (χ4v) is 2.21. The van der Waals surface area contributed by atoms with Crippen molar-refractivity contribution in [3.05, 3.63) is 0 Å². The second-order valence-electron chi connectivity index (χ2n) is 6.20. The van der Waals surface area contributed by atoms with Crippen LogP contribution in [0.1, 0.15) is 53.9 Å². The lowest BCUT2D eigenvalue weighted by Gasteiger charge is -2.30. The van der Waals surface area contributed by atoms with Crippen molar-refractivity contribution in [2.24, 2.45) is 5.41 Å². The quantitative estimate of drug-likeness (QED) is 0.686. The first-order valence-electron chi connectivity index (χ1n) is 6.81. The van der Waals surface area contributed by atoms with E-state index in [-0.39, 0.29) is 0 Å². The molecular formula is C14H32N2.